The molecule has 5 aromatic carbocycles. The Kier molecular flexibility index (Phi) is 7.63. The summed E-state index contributed by atoms with van der Waals surface area (Å²) >= 11 is 0. The van der Waals surface area contributed by atoms with E-state index in [-0.39, 0.29) is 31.1 Å². The van der Waals surface area contributed by atoms with Gasteiger partial charge in [0.05, 0.1) is 17.7 Å². The van der Waals surface area contributed by atoms with Gasteiger partial charge < -0.3 is 29.5 Å². The summed E-state index contributed by atoms with van der Waals surface area (Å²) in [5.74, 6) is -1.55. The van der Waals surface area contributed by atoms with Crippen LogP contribution in [-0.4, -0.2) is 41.2 Å². The van der Waals surface area contributed by atoms with Gasteiger partial charge in [-0.25, -0.2) is 9.59 Å². The van der Waals surface area contributed by atoms with E-state index in [4.69, 9.17) is 14.2 Å². The van der Waals surface area contributed by atoms with Crippen LogP contribution in [0.1, 0.15) is 31.8 Å². The predicted octanol–water partition coefficient (Wildman–Crippen LogP) is 6.11. The van der Waals surface area contributed by atoms with Crippen LogP contribution in [0.15, 0.2) is 84.9 Å². The van der Waals surface area contributed by atoms with E-state index in [9.17, 15) is 24.9 Å². The van der Waals surface area contributed by atoms with Crippen molar-refractivity contribution in [2.45, 2.75) is 13.2 Å². The number of carboxylic acids is 2. The molecule has 0 aliphatic carbocycles. The van der Waals surface area contributed by atoms with Crippen LogP contribution < -0.4 is 9.47 Å². The summed E-state index contributed by atoms with van der Waals surface area (Å²) < 4.78 is 17.6. The van der Waals surface area contributed by atoms with Gasteiger partial charge in [-0.1, -0.05) is 54.6 Å². The Morgan fingerprint density at radius 2 is 1.35 bits per heavy atom. The molecule has 202 valence electrons. The first-order valence-electron chi connectivity index (χ1n) is 12.4. The molecule has 0 saturated heterocycles. The average molecular weight is 539 g/mol. The lowest BCUT2D eigenvalue weighted by atomic mass is 9.90. The minimum atomic E-state index is -1.23. The third-order valence-electron chi connectivity index (χ3n) is 6.59. The van der Waals surface area contributed by atoms with Crippen LogP contribution in [0.25, 0.3) is 32.7 Å². The number of benzene rings is 5. The van der Waals surface area contributed by atoms with E-state index in [0.29, 0.717) is 33.8 Å². The Bertz CT molecular complexity index is 1710. The minimum absolute atomic E-state index is 0.0424. The highest BCUT2D eigenvalue weighted by Crippen LogP contribution is 2.47. The number of ether oxygens (including phenoxy) is 3. The maximum absolute atomic E-state index is 11.6. The largest absolute Gasteiger partial charge is 0.488 e. The Morgan fingerprint density at radius 1 is 0.725 bits per heavy atom. The first kappa shape index (κ1) is 26.7. The third-order valence-corrected chi connectivity index (χ3v) is 6.59. The number of aromatic carboxylic acids is 2. The van der Waals surface area contributed by atoms with Crippen molar-refractivity contribution in [2.75, 3.05) is 13.9 Å². The maximum Gasteiger partial charge on any atom is 0.335 e. The molecule has 40 heavy (non-hydrogen) atoms. The number of aliphatic hydroxyl groups is 1. The molecule has 8 nitrogen and oxygen atoms in total. The van der Waals surface area contributed by atoms with Gasteiger partial charge >= 0.3 is 11.9 Å². The third kappa shape index (κ3) is 5.18. The van der Waals surface area contributed by atoms with Crippen LogP contribution in [-0.2, 0) is 18.0 Å². The second kappa shape index (κ2) is 11.4. The number of rotatable bonds is 10. The fourth-order valence-corrected chi connectivity index (χ4v) is 4.85. The molecule has 0 bridgehead atoms. The number of carbonyl (C=O) groups is 2. The predicted molar refractivity (Wildman–Crippen MR) is 150 cm³/mol. The van der Waals surface area contributed by atoms with Gasteiger partial charge in [-0.15, -0.1) is 0 Å². The summed E-state index contributed by atoms with van der Waals surface area (Å²) in [5.41, 5.74) is 2.09. The van der Waals surface area contributed by atoms with Crippen LogP contribution >= 0.6 is 0 Å². The van der Waals surface area contributed by atoms with Gasteiger partial charge in [0.2, 0.25) is 0 Å². The minimum Gasteiger partial charge on any atom is -0.488 e. The number of methoxy groups -OCH3 is 1. The Balaban J connectivity index is 1.73. The number of fused-ring (bicyclic) bond motifs is 2. The summed E-state index contributed by atoms with van der Waals surface area (Å²) in [4.78, 5) is 23.2. The summed E-state index contributed by atoms with van der Waals surface area (Å²) in [6.45, 7) is -0.393. The summed E-state index contributed by atoms with van der Waals surface area (Å²) in [5, 5.41) is 32.8. The number of aliphatic hydroxyl groups excluding tert-OH is 1. The van der Waals surface area contributed by atoms with Crippen LogP contribution in [0.4, 0.5) is 0 Å². The van der Waals surface area contributed by atoms with Crippen LogP contribution in [0.5, 0.6) is 11.5 Å². The molecular weight excluding hydrogens is 512 g/mol. The number of hydrogen-bond acceptors (Lipinski definition) is 6. The summed E-state index contributed by atoms with van der Waals surface area (Å²) in [7, 11) is 1.52. The van der Waals surface area contributed by atoms with Gasteiger partial charge in [-0.2, -0.15) is 0 Å². The second-order valence-electron chi connectivity index (χ2n) is 9.15. The van der Waals surface area contributed by atoms with E-state index < -0.39 is 11.9 Å². The highest BCUT2D eigenvalue weighted by molar-refractivity contribution is 6.10. The van der Waals surface area contributed by atoms with E-state index in [2.05, 4.69) is 0 Å². The molecule has 0 heterocycles. The Labute approximate surface area is 229 Å². The lowest BCUT2D eigenvalue weighted by Gasteiger charge is -2.21. The Hall–Kier alpha value is -4.92. The van der Waals surface area contributed by atoms with E-state index in [1.807, 2.05) is 66.7 Å². The fraction of sp³-hybridized carbons (Fsp3) is 0.125. The van der Waals surface area contributed by atoms with Crippen molar-refractivity contribution in [3.63, 3.8) is 0 Å². The molecule has 0 aliphatic heterocycles. The van der Waals surface area contributed by atoms with Gasteiger partial charge in [0.25, 0.3) is 0 Å². The summed E-state index contributed by atoms with van der Waals surface area (Å²) in [6, 6.07) is 25.0. The van der Waals surface area contributed by atoms with Crippen molar-refractivity contribution < 1.29 is 39.1 Å². The molecule has 0 spiro atoms. The normalized spacial score (nSPS) is 11.1. The molecule has 5 rings (SSSR count). The van der Waals surface area contributed by atoms with Crippen molar-refractivity contribution in [1.29, 1.82) is 0 Å². The standard InChI is InChI=1S/C32H26O8/c1-38-18-40-30-24(16-33)14-21-7-3-5-9-26(21)29(30)28-25-8-4-2-6-20(25)10-11-27(28)39-17-19-12-22(31(34)35)15-23(13-19)32(36)37/h2-15,33H,16-18H2,1H3,(H,34,35)(H,36,37). The first-order chi connectivity index (χ1) is 19.4. The SMILES string of the molecule is COCOc1c(CO)cc2ccccc2c1-c1c(OCc2cc(C(=O)O)cc(C(=O)O)c2)ccc2ccccc12. The quantitative estimate of drug-likeness (QED) is 0.182. The van der Waals surface area contributed by atoms with Gasteiger partial charge in [0.1, 0.15) is 18.1 Å². The van der Waals surface area contributed by atoms with Gasteiger partial charge in [0.15, 0.2) is 6.79 Å². The van der Waals surface area contributed by atoms with E-state index in [0.717, 1.165) is 27.6 Å². The zero-order valence-corrected chi connectivity index (χ0v) is 21.6. The van der Waals surface area contributed by atoms with Crippen LogP contribution in [0, 0.1) is 0 Å². The zero-order chi connectivity index (χ0) is 28.2. The van der Waals surface area contributed by atoms with E-state index in [1.54, 1.807) is 0 Å². The molecule has 0 aliphatic rings. The van der Waals surface area contributed by atoms with Gasteiger partial charge in [0, 0.05) is 23.8 Å². The highest BCUT2D eigenvalue weighted by atomic mass is 16.7. The molecule has 0 unspecified atom stereocenters. The smallest absolute Gasteiger partial charge is 0.335 e. The lowest BCUT2D eigenvalue weighted by molar-refractivity contribution is 0.0500. The van der Waals surface area contributed by atoms with Gasteiger partial charge in [-0.3, -0.25) is 0 Å². The molecule has 0 atom stereocenters. The molecule has 8 heteroatoms. The molecule has 0 amide bonds. The molecule has 0 saturated carbocycles. The molecule has 0 aromatic heterocycles. The number of carboxylic acid groups (broad SMARTS) is 2. The summed E-state index contributed by atoms with van der Waals surface area (Å²) in [6.07, 6.45) is 0. The molecule has 3 N–H and O–H groups in total. The first-order valence-corrected chi connectivity index (χ1v) is 12.4. The van der Waals surface area contributed by atoms with Gasteiger partial charge in [-0.05, 0) is 57.4 Å². The van der Waals surface area contributed by atoms with Crippen LogP contribution in [0.3, 0.4) is 0 Å². The average Bonchev–Trinajstić information content (AvgIpc) is 2.97. The van der Waals surface area contributed by atoms with Crippen molar-refractivity contribution in [3.8, 4) is 22.6 Å². The van der Waals surface area contributed by atoms with E-state index >= 15 is 0 Å². The van der Waals surface area contributed by atoms with Crippen molar-refractivity contribution in [2.24, 2.45) is 0 Å². The second-order valence-corrected chi connectivity index (χ2v) is 9.15. The number of hydrogen-bond donors (Lipinski definition) is 3. The van der Waals surface area contributed by atoms with Crippen LogP contribution in [0.2, 0.25) is 0 Å². The Morgan fingerprint density at radius 3 is 1.98 bits per heavy atom. The zero-order valence-electron chi connectivity index (χ0n) is 21.6. The highest BCUT2D eigenvalue weighted by Gasteiger charge is 2.22. The molecule has 5 aromatic rings. The lowest BCUT2D eigenvalue weighted by Crippen LogP contribution is -2.07. The molecular formula is C32H26O8. The van der Waals surface area contributed by atoms with Crippen molar-refractivity contribution in [3.05, 3.63) is 107 Å². The fourth-order valence-electron chi connectivity index (χ4n) is 4.85. The maximum atomic E-state index is 11.6. The molecule has 0 fully saturated rings. The van der Waals surface area contributed by atoms with E-state index in [1.165, 1.54) is 19.2 Å². The molecule has 0 radical (unpaired) electrons. The van der Waals surface area contributed by atoms with Crippen molar-refractivity contribution >= 4 is 33.5 Å². The topological polar surface area (TPSA) is 123 Å². The monoisotopic (exact) mass is 538 g/mol. The van der Waals surface area contributed by atoms with Crippen molar-refractivity contribution in [1.82, 2.24) is 0 Å².